The van der Waals surface area contributed by atoms with Crippen LogP contribution in [0.15, 0.2) is 28.8 Å². The highest BCUT2D eigenvalue weighted by Crippen LogP contribution is 2.33. The van der Waals surface area contributed by atoms with Crippen LogP contribution in [0.1, 0.15) is 37.3 Å². The van der Waals surface area contributed by atoms with Gasteiger partial charge in [-0.1, -0.05) is 24.2 Å². The topological polar surface area (TPSA) is 101 Å². The van der Waals surface area contributed by atoms with Gasteiger partial charge in [-0.25, -0.2) is 4.98 Å². The van der Waals surface area contributed by atoms with Crippen molar-refractivity contribution in [2.75, 3.05) is 31.1 Å². The first-order valence-electron chi connectivity index (χ1n) is 9.84. The first kappa shape index (κ1) is 19.3. The fourth-order valence-electron chi connectivity index (χ4n) is 3.84. The van der Waals surface area contributed by atoms with Gasteiger partial charge in [-0.05, 0) is 19.9 Å². The van der Waals surface area contributed by atoms with Crippen molar-refractivity contribution in [3.8, 4) is 0 Å². The van der Waals surface area contributed by atoms with Crippen LogP contribution in [0.5, 0.6) is 0 Å². The summed E-state index contributed by atoms with van der Waals surface area (Å²) in [6.07, 6.45) is 0.755. The van der Waals surface area contributed by atoms with Crippen molar-refractivity contribution >= 4 is 22.3 Å². The number of non-ortho nitro benzene ring substituents is 1. The van der Waals surface area contributed by atoms with Gasteiger partial charge in [0.05, 0.1) is 11.0 Å². The highest BCUT2D eigenvalue weighted by atomic mass is 16.6. The summed E-state index contributed by atoms with van der Waals surface area (Å²) >= 11 is 0. The van der Waals surface area contributed by atoms with Gasteiger partial charge < -0.3 is 9.42 Å². The van der Waals surface area contributed by atoms with Crippen LogP contribution in [-0.4, -0.2) is 51.1 Å². The summed E-state index contributed by atoms with van der Waals surface area (Å²) in [6, 6.07) is 7.20. The van der Waals surface area contributed by atoms with Crippen molar-refractivity contribution in [1.82, 2.24) is 20.0 Å². The smallest absolute Gasteiger partial charge is 0.295 e. The van der Waals surface area contributed by atoms with Crippen LogP contribution < -0.4 is 4.90 Å². The Bertz CT molecular complexity index is 1040. The third-order valence-corrected chi connectivity index (χ3v) is 5.48. The van der Waals surface area contributed by atoms with Crippen LogP contribution in [0, 0.1) is 17.0 Å². The monoisotopic (exact) mass is 396 g/mol. The molecule has 0 amide bonds. The largest absolute Gasteiger partial charge is 0.368 e. The lowest BCUT2D eigenvalue weighted by molar-refractivity contribution is -0.383. The molecule has 3 heterocycles. The number of anilines is 1. The molecule has 152 valence electrons. The minimum Gasteiger partial charge on any atom is -0.368 e. The molecule has 4 rings (SSSR count). The Hall–Kier alpha value is -3.07. The number of nitrogens with zero attached hydrogens (tertiary/aromatic N) is 6. The van der Waals surface area contributed by atoms with E-state index in [0.29, 0.717) is 11.4 Å². The maximum absolute atomic E-state index is 11.4. The predicted octanol–water partition coefficient (Wildman–Crippen LogP) is 3.28. The minimum absolute atomic E-state index is 0.0443. The summed E-state index contributed by atoms with van der Waals surface area (Å²) in [4.78, 5) is 24.5. The van der Waals surface area contributed by atoms with E-state index >= 15 is 0 Å². The van der Waals surface area contributed by atoms with Crippen LogP contribution in [0.4, 0.5) is 11.4 Å². The Morgan fingerprint density at radius 2 is 2.00 bits per heavy atom. The lowest BCUT2D eigenvalue weighted by Gasteiger charge is -2.38. The zero-order chi connectivity index (χ0) is 20.5. The Morgan fingerprint density at radius 1 is 1.24 bits per heavy atom. The Labute approximate surface area is 168 Å². The fourth-order valence-corrected chi connectivity index (χ4v) is 3.84. The van der Waals surface area contributed by atoms with Gasteiger partial charge in [0, 0.05) is 55.4 Å². The van der Waals surface area contributed by atoms with Crippen molar-refractivity contribution in [3.05, 3.63) is 51.8 Å². The summed E-state index contributed by atoms with van der Waals surface area (Å²) in [6.45, 7) is 9.24. The van der Waals surface area contributed by atoms with Crippen molar-refractivity contribution in [2.24, 2.45) is 0 Å². The van der Waals surface area contributed by atoms with E-state index in [0.717, 1.165) is 55.2 Å². The number of para-hydroxylation sites is 1. The molecule has 1 fully saturated rings. The Morgan fingerprint density at radius 3 is 2.66 bits per heavy atom. The third kappa shape index (κ3) is 3.65. The minimum atomic E-state index is -0.368. The molecule has 1 aromatic carbocycles. The van der Waals surface area contributed by atoms with Crippen molar-refractivity contribution in [2.45, 2.75) is 33.2 Å². The summed E-state index contributed by atoms with van der Waals surface area (Å²) in [5.74, 6) is 1.38. The number of fused-ring (bicyclic) bond motifs is 1. The highest BCUT2D eigenvalue weighted by molar-refractivity contribution is 5.97. The third-order valence-electron chi connectivity index (χ3n) is 5.48. The Kier molecular flexibility index (Phi) is 5.14. The molecular formula is C20H24N6O3. The summed E-state index contributed by atoms with van der Waals surface area (Å²) in [5, 5.41) is 16.2. The van der Waals surface area contributed by atoms with E-state index in [2.05, 4.69) is 31.8 Å². The molecule has 3 aromatic rings. The molecule has 0 bridgehead atoms. The number of nitro groups is 1. The van der Waals surface area contributed by atoms with Crippen LogP contribution in [-0.2, 0) is 6.42 Å². The van der Waals surface area contributed by atoms with Gasteiger partial charge in [-0.2, -0.15) is 4.98 Å². The second kappa shape index (κ2) is 7.75. The van der Waals surface area contributed by atoms with Crippen molar-refractivity contribution < 1.29 is 9.45 Å². The normalized spacial score (nSPS) is 16.3. The molecule has 9 nitrogen and oxygen atoms in total. The molecule has 1 unspecified atom stereocenters. The van der Waals surface area contributed by atoms with Gasteiger partial charge in [-0.15, -0.1) is 0 Å². The molecule has 0 radical (unpaired) electrons. The number of rotatable bonds is 5. The van der Waals surface area contributed by atoms with E-state index < -0.39 is 0 Å². The van der Waals surface area contributed by atoms with Crippen LogP contribution >= 0.6 is 0 Å². The van der Waals surface area contributed by atoms with Gasteiger partial charge >= 0.3 is 0 Å². The van der Waals surface area contributed by atoms with Crippen LogP contribution in [0.3, 0.4) is 0 Å². The number of benzene rings is 1. The first-order chi connectivity index (χ1) is 14.0. The molecule has 0 aliphatic carbocycles. The molecule has 0 spiro atoms. The maximum Gasteiger partial charge on any atom is 0.295 e. The second-order valence-electron chi connectivity index (χ2n) is 7.31. The molecule has 1 aliphatic heterocycles. The van der Waals surface area contributed by atoms with Gasteiger partial charge in [0.25, 0.3) is 5.69 Å². The first-order valence-corrected chi connectivity index (χ1v) is 9.84. The standard InChI is InChI=1S/C20H24N6O3/c1-4-18-22-20(29-23-18)14(3)24-8-10-25(11-9-24)17-12-13(2)21-19-15(17)6-5-7-16(19)26(27)28/h5-7,12,14H,4,8-11H2,1-3H3. The number of piperazine rings is 1. The number of hydrogen-bond donors (Lipinski definition) is 0. The highest BCUT2D eigenvalue weighted by Gasteiger charge is 2.27. The number of nitro benzene ring substituents is 1. The van der Waals surface area contributed by atoms with Gasteiger partial charge in [0.15, 0.2) is 11.3 Å². The number of hydrogen-bond acceptors (Lipinski definition) is 8. The average molecular weight is 396 g/mol. The van der Waals surface area contributed by atoms with Crippen LogP contribution in [0.25, 0.3) is 10.9 Å². The second-order valence-corrected chi connectivity index (χ2v) is 7.31. The van der Waals surface area contributed by atoms with Crippen LogP contribution in [0.2, 0.25) is 0 Å². The summed E-state index contributed by atoms with van der Waals surface area (Å²) in [5.41, 5.74) is 2.26. The fraction of sp³-hybridized carbons (Fsp3) is 0.450. The molecule has 1 saturated heterocycles. The number of aromatic nitrogens is 3. The molecule has 0 N–H and O–H groups in total. The van der Waals surface area contributed by atoms with Gasteiger partial charge in [0.1, 0.15) is 0 Å². The molecular weight excluding hydrogens is 372 g/mol. The van der Waals surface area contributed by atoms with Crippen molar-refractivity contribution in [1.29, 1.82) is 0 Å². The Balaban J connectivity index is 1.56. The average Bonchev–Trinajstić information content (AvgIpc) is 3.21. The van der Waals surface area contributed by atoms with E-state index in [-0.39, 0.29) is 16.7 Å². The number of pyridine rings is 1. The van der Waals surface area contributed by atoms with Crippen molar-refractivity contribution in [3.63, 3.8) is 0 Å². The van der Waals surface area contributed by atoms with Gasteiger partial charge in [-0.3, -0.25) is 15.0 Å². The SMILES string of the molecule is CCc1noc(C(C)N2CCN(c3cc(C)nc4c([N+](=O)[O-])cccc34)CC2)n1. The number of aryl methyl sites for hydroxylation is 2. The predicted molar refractivity (Wildman–Crippen MR) is 109 cm³/mol. The summed E-state index contributed by atoms with van der Waals surface area (Å²) < 4.78 is 5.40. The zero-order valence-electron chi connectivity index (χ0n) is 16.8. The molecule has 0 saturated carbocycles. The summed E-state index contributed by atoms with van der Waals surface area (Å²) in [7, 11) is 0. The maximum atomic E-state index is 11.4. The molecule has 1 aliphatic rings. The quantitative estimate of drug-likeness (QED) is 0.478. The molecule has 2 aromatic heterocycles. The molecule has 1 atom stereocenters. The molecule has 29 heavy (non-hydrogen) atoms. The van der Waals surface area contributed by atoms with E-state index in [1.165, 1.54) is 6.07 Å². The lowest BCUT2D eigenvalue weighted by atomic mass is 10.1. The molecule has 9 heteroatoms. The van der Waals surface area contributed by atoms with E-state index in [9.17, 15) is 10.1 Å². The van der Waals surface area contributed by atoms with E-state index in [4.69, 9.17) is 4.52 Å². The van der Waals surface area contributed by atoms with E-state index in [1.807, 2.05) is 26.0 Å². The lowest BCUT2D eigenvalue weighted by Crippen LogP contribution is -2.47. The van der Waals surface area contributed by atoms with Gasteiger partial charge in [0.2, 0.25) is 5.89 Å². The zero-order valence-corrected chi connectivity index (χ0v) is 16.8. The van der Waals surface area contributed by atoms with E-state index in [1.54, 1.807) is 6.07 Å².